The quantitative estimate of drug-likeness (QED) is 0.751. The molecule has 0 spiro atoms. The summed E-state index contributed by atoms with van der Waals surface area (Å²) >= 11 is 0. The molecule has 0 aromatic heterocycles. The molecular weight excluding hydrogens is 256 g/mol. The molecule has 0 bridgehead atoms. The first-order valence-corrected chi connectivity index (χ1v) is 5.60. The maximum absolute atomic E-state index is 11.9. The van der Waals surface area contributed by atoms with Crippen LogP contribution in [0.15, 0.2) is 0 Å². The van der Waals surface area contributed by atoms with Crippen molar-refractivity contribution in [1.29, 1.82) is 0 Å². The Morgan fingerprint density at radius 3 is 2.26 bits per heavy atom. The molecule has 0 aromatic rings. The number of aliphatic carboxylic acids is 1. The summed E-state index contributed by atoms with van der Waals surface area (Å²) in [5.74, 6) is -2.09. The van der Waals surface area contributed by atoms with E-state index in [2.05, 4.69) is 0 Å². The minimum Gasteiger partial charge on any atom is -0.480 e. The van der Waals surface area contributed by atoms with Crippen LogP contribution < -0.4 is 0 Å². The van der Waals surface area contributed by atoms with Gasteiger partial charge in [0.05, 0.1) is 6.42 Å². The summed E-state index contributed by atoms with van der Waals surface area (Å²) in [6, 6.07) is -2.54. The van der Waals surface area contributed by atoms with E-state index in [-0.39, 0.29) is 0 Å². The molecule has 1 aliphatic heterocycles. The summed E-state index contributed by atoms with van der Waals surface area (Å²) in [6.45, 7) is 4.76. The van der Waals surface area contributed by atoms with Gasteiger partial charge in [0.25, 0.3) is 0 Å². The molecule has 1 atom stereocenters. The topological polar surface area (TPSA) is 104 Å². The molecule has 0 radical (unpaired) electrons. The first-order chi connectivity index (χ1) is 8.54. The average Bonchev–Trinajstić information content (AvgIpc) is 2.22. The fourth-order valence-corrected chi connectivity index (χ4v) is 1.51. The van der Waals surface area contributed by atoms with Gasteiger partial charge in [0.2, 0.25) is 5.91 Å². The molecule has 1 aliphatic rings. The summed E-state index contributed by atoms with van der Waals surface area (Å²) in [7, 11) is 1.18. The lowest BCUT2D eigenvalue weighted by Crippen LogP contribution is -2.60. The Morgan fingerprint density at radius 2 is 1.84 bits per heavy atom. The van der Waals surface area contributed by atoms with E-state index in [1.807, 2.05) is 0 Å². The van der Waals surface area contributed by atoms with Crippen LogP contribution >= 0.6 is 0 Å². The molecule has 4 amide bonds. The van der Waals surface area contributed by atoms with Gasteiger partial charge >= 0.3 is 18.1 Å². The lowest BCUT2D eigenvalue weighted by molar-refractivity contribution is -0.148. The number of hydrogen-bond acceptors (Lipinski definition) is 5. The molecule has 19 heavy (non-hydrogen) atoms. The lowest BCUT2D eigenvalue weighted by atomic mass is 10.1. The largest absolute Gasteiger partial charge is 0.480 e. The zero-order valence-electron chi connectivity index (χ0n) is 11.2. The summed E-state index contributed by atoms with van der Waals surface area (Å²) < 4.78 is 4.98. The number of ether oxygens (including phenoxy) is 1. The third kappa shape index (κ3) is 3.21. The summed E-state index contributed by atoms with van der Waals surface area (Å²) in [5.41, 5.74) is -0.875. The van der Waals surface area contributed by atoms with Crippen LogP contribution in [0.4, 0.5) is 9.59 Å². The summed E-state index contributed by atoms with van der Waals surface area (Å²) in [5, 5.41) is 9.01. The van der Waals surface area contributed by atoms with Gasteiger partial charge in [-0.15, -0.1) is 0 Å². The fourth-order valence-electron chi connectivity index (χ4n) is 1.51. The number of amides is 4. The molecule has 1 unspecified atom stereocenters. The number of carboxylic acid groups (broad SMARTS) is 1. The van der Waals surface area contributed by atoms with Gasteiger partial charge in [-0.25, -0.2) is 19.3 Å². The predicted molar refractivity (Wildman–Crippen MR) is 62.3 cm³/mol. The maximum Gasteiger partial charge on any atom is 0.419 e. The number of imide groups is 2. The van der Waals surface area contributed by atoms with Crippen molar-refractivity contribution in [3.63, 3.8) is 0 Å². The zero-order valence-corrected chi connectivity index (χ0v) is 11.2. The molecule has 1 rings (SSSR count). The number of carbonyl (C=O) groups is 4. The van der Waals surface area contributed by atoms with E-state index in [9.17, 15) is 19.2 Å². The van der Waals surface area contributed by atoms with Crippen LogP contribution in [0.5, 0.6) is 0 Å². The zero-order chi connectivity index (χ0) is 15.0. The number of hydrogen-bond donors (Lipinski definition) is 1. The Labute approximate surface area is 109 Å². The van der Waals surface area contributed by atoms with E-state index in [4.69, 9.17) is 9.84 Å². The van der Waals surface area contributed by atoms with Gasteiger partial charge in [-0.1, -0.05) is 0 Å². The Balaban J connectivity index is 3.05. The summed E-state index contributed by atoms with van der Waals surface area (Å²) in [4.78, 5) is 47.4. The van der Waals surface area contributed by atoms with Crippen molar-refractivity contribution in [3.8, 4) is 0 Å². The first kappa shape index (κ1) is 14.9. The molecular formula is C11H16N2O6. The van der Waals surface area contributed by atoms with E-state index in [1.54, 1.807) is 20.8 Å². The molecule has 0 aliphatic carbocycles. The first-order valence-electron chi connectivity index (χ1n) is 5.60. The molecule has 106 valence electrons. The highest BCUT2D eigenvalue weighted by molar-refractivity contribution is 6.07. The number of urea groups is 1. The van der Waals surface area contributed by atoms with Crippen LogP contribution in [0.1, 0.15) is 27.2 Å². The van der Waals surface area contributed by atoms with Gasteiger partial charge in [0.1, 0.15) is 5.60 Å². The van der Waals surface area contributed by atoms with Crippen LogP contribution in [-0.2, 0) is 14.3 Å². The predicted octanol–water partition coefficient (Wildman–Crippen LogP) is 0.659. The minimum absolute atomic E-state index is 0.453. The van der Waals surface area contributed by atoms with Gasteiger partial charge in [0, 0.05) is 7.05 Å². The number of nitrogens with zero attached hydrogens (tertiary/aromatic N) is 2. The standard InChI is InChI=1S/C11H16N2O6/c1-11(2,3)19-10(18)13-6(8(15)16)5-7(14)12(4)9(13)17/h6H,5H2,1-4H3,(H,15,16). The van der Waals surface area contributed by atoms with E-state index < -0.39 is 42.1 Å². The molecule has 8 nitrogen and oxygen atoms in total. The summed E-state index contributed by atoms with van der Waals surface area (Å²) in [6.07, 6.45) is -1.54. The Morgan fingerprint density at radius 1 is 1.32 bits per heavy atom. The van der Waals surface area contributed by atoms with E-state index in [0.29, 0.717) is 9.80 Å². The van der Waals surface area contributed by atoms with Gasteiger partial charge < -0.3 is 9.84 Å². The van der Waals surface area contributed by atoms with Crippen molar-refractivity contribution in [1.82, 2.24) is 9.80 Å². The molecule has 1 heterocycles. The SMILES string of the molecule is CN1C(=O)CC(C(=O)O)N(C(=O)OC(C)(C)C)C1=O. The van der Waals surface area contributed by atoms with Crippen LogP contribution in [0.25, 0.3) is 0 Å². The fraction of sp³-hybridized carbons (Fsp3) is 0.636. The van der Waals surface area contributed by atoms with Crippen molar-refractivity contribution < 1.29 is 29.0 Å². The number of carboxylic acids is 1. The minimum atomic E-state index is -1.54. The van der Waals surface area contributed by atoms with Crippen molar-refractivity contribution >= 4 is 24.0 Å². The van der Waals surface area contributed by atoms with Crippen molar-refractivity contribution in [3.05, 3.63) is 0 Å². The van der Waals surface area contributed by atoms with Crippen LogP contribution in [0, 0.1) is 0 Å². The average molecular weight is 272 g/mol. The monoisotopic (exact) mass is 272 g/mol. The Kier molecular flexibility index (Phi) is 3.83. The molecule has 0 saturated carbocycles. The van der Waals surface area contributed by atoms with Gasteiger partial charge in [0.15, 0.2) is 6.04 Å². The van der Waals surface area contributed by atoms with Crippen LogP contribution in [0.3, 0.4) is 0 Å². The van der Waals surface area contributed by atoms with Gasteiger partial charge in [-0.05, 0) is 20.8 Å². The molecule has 1 N–H and O–H groups in total. The molecule has 1 fully saturated rings. The third-order valence-electron chi connectivity index (χ3n) is 2.42. The highest BCUT2D eigenvalue weighted by Crippen LogP contribution is 2.20. The molecule has 8 heteroatoms. The van der Waals surface area contributed by atoms with Crippen LogP contribution in [0.2, 0.25) is 0 Å². The van der Waals surface area contributed by atoms with Crippen molar-refractivity contribution in [2.75, 3.05) is 7.05 Å². The van der Waals surface area contributed by atoms with Gasteiger partial charge in [-0.2, -0.15) is 0 Å². The number of rotatable bonds is 1. The normalized spacial score (nSPS) is 20.5. The van der Waals surface area contributed by atoms with Crippen LogP contribution in [-0.4, -0.2) is 57.6 Å². The smallest absolute Gasteiger partial charge is 0.419 e. The molecule has 1 saturated heterocycles. The second-order valence-corrected chi connectivity index (χ2v) is 5.14. The second kappa shape index (κ2) is 4.87. The maximum atomic E-state index is 11.9. The van der Waals surface area contributed by atoms with Crippen molar-refractivity contribution in [2.45, 2.75) is 38.8 Å². The van der Waals surface area contributed by atoms with Gasteiger partial charge in [-0.3, -0.25) is 9.69 Å². The van der Waals surface area contributed by atoms with E-state index in [1.165, 1.54) is 7.05 Å². The highest BCUT2D eigenvalue weighted by Gasteiger charge is 2.45. The van der Waals surface area contributed by atoms with E-state index >= 15 is 0 Å². The second-order valence-electron chi connectivity index (χ2n) is 5.14. The van der Waals surface area contributed by atoms with E-state index in [0.717, 1.165) is 0 Å². The van der Waals surface area contributed by atoms with Crippen molar-refractivity contribution in [2.24, 2.45) is 0 Å². The Bertz CT molecular complexity index is 439. The lowest BCUT2D eigenvalue weighted by Gasteiger charge is -2.35. The number of carbonyl (C=O) groups excluding carboxylic acids is 3. The Hall–Kier alpha value is -2.12. The third-order valence-corrected chi connectivity index (χ3v) is 2.42. The molecule has 0 aromatic carbocycles. The highest BCUT2D eigenvalue weighted by atomic mass is 16.6.